The average molecular weight is 627 g/mol. The van der Waals surface area contributed by atoms with Crippen molar-refractivity contribution in [2.75, 3.05) is 39.2 Å². The van der Waals surface area contributed by atoms with Crippen LogP contribution >= 0.6 is 11.6 Å². The number of aliphatic imine (C=N–C) groups is 2. The predicted octanol–water partition coefficient (Wildman–Crippen LogP) is 6.44. The number of rotatable bonds is 16. The molecule has 0 spiro atoms. The van der Waals surface area contributed by atoms with E-state index >= 15 is 0 Å². The van der Waals surface area contributed by atoms with Gasteiger partial charge in [0.2, 0.25) is 0 Å². The third-order valence-electron chi connectivity index (χ3n) is 8.83. The fourth-order valence-corrected chi connectivity index (χ4v) is 6.62. The molecule has 2 heterocycles. The van der Waals surface area contributed by atoms with Crippen molar-refractivity contribution in [1.82, 2.24) is 24.6 Å². The van der Waals surface area contributed by atoms with Gasteiger partial charge in [0.1, 0.15) is 17.7 Å². The third kappa shape index (κ3) is 8.72. The number of aromatic nitrogens is 3. The van der Waals surface area contributed by atoms with Gasteiger partial charge in [-0.15, -0.1) is 11.6 Å². The Labute approximate surface area is 273 Å². The van der Waals surface area contributed by atoms with Crippen LogP contribution in [0.5, 0.6) is 0 Å². The van der Waals surface area contributed by atoms with Crippen molar-refractivity contribution in [2.24, 2.45) is 21.6 Å². The molecule has 2 aromatic carbocycles. The van der Waals surface area contributed by atoms with Crippen molar-refractivity contribution in [3.05, 3.63) is 95.3 Å². The molecule has 238 valence electrons. The number of alkyl halides is 1. The van der Waals surface area contributed by atoms with Gasteiger partial charge in [0.05, 0.1) is 17.8 Å². The van der Waals surface area contributed by atoms with Gasteiger partial charge < -0.3 is 20.5 Å². The van der Waals surface area contributed by atoms with Crippen molar-refractivity contribution in [1.29, 1.82) is 0 Å². The minimum Gasteiger partial charge on any atom is -0.383 e. The molecule has 0 saturated heterocycles. The summed E-state index contributed by atoms with van der Waals surface area (Å²) in [5.41, 5.74) is 12.9. The number of nitrogens with one attached hydrogen (secondary N) is 1. The maximum atomic E-state index is 6.49. The normalized spacial score (nSPS) is 16.9. The standard InChI is InChI=1S/C36H47ClN8/c1-27-10-12-28(13-11-27)16-19-40-18-7-20-43(3)23-30-14-15-31(22-30)45-25-32(34(36(45)39-2)35(38)41-26-37)33-17-21-44(42-33)24-29-8-5-4-6-9-29/h4-6,8-13,17,21,25,30-31,40H,2,7,14-16,18-20,22-24,26H2,1,3H3,(H2,38,41). The molecule has 1 saturated carbocycles. The van der Waals surface area contributed by atoms with Crippen LogP contribution in [0.4, 0.5) is 5.82 Å². The smallest absolute Gasteiger partial charge is 0.143 e. The molecule has 0 aliphatic heterocycles. The van der Waals surface area contributed by atoms with Gasteiger partial charge in [-0.3, -0.25) is 9.67 Å². The molecule has 4 aromatic rings. The number of hydrogen-bond donors (Lipinski definition) is 2. The van der Waals surface area contributed by atoms with Gasteiger partial charge in [-0.1, -0.05) is 60.2 Å². The van der Waals surface area contributed by atoms with E-state index in [0.717, 1.165) is 74.5 Å². The molecule has 5 rings (SSSR count). The topological polar surface area (TPSA) is 88.8 Å². The number of amidine groups is 1. The number of aryl methyl sites for hydroxylation is 1. The van der Waals surface area contributed by atoms with Crippen molar-refractivity contribution < 1.29 is 0 Å². The zero-order valence-corrected chi connectivity index (χ0v) is 27.5. The van der Waals surface area contributed by atoms with E-state index < -0.39 is 0 Å². The summed E-state index contributed by atoms with van der Waals surface area (Å²) >= 11 is 5.98. The maximum Gasteiger partial charge on any atom is 0.143 e. The molecule has 2 atom stereocenters. The fraction of sp³-hybridized carbons (Fsp3) is 0.417. The summed E-state index contributed by atoms with van der Waals surface area (Å²) in [5.74, 6) is 1.73. The van der Waals surface area contributed by atoms with E-state index in [1.807, 2.05) is 35.1 Å². The number of benzene rings is 2. The Hall–Kier alpha value is -3.72. The summed E-state index contributed by atoms with van der Waals surface area (Å²) in [5, 5.41) is 8.51. The summed E-state index contributed by atoms with van der Waals surface area (Å²) < 4.78 is 4.20. The lowest BCUT2D eigenvalue weighted by Crippen LogP contribution is -2.28. The first-order chi connectivity index (χ1) is 21.9. The Morgan fingerprint density at radius 3 is 2.64 bits per heavy atom. The highest BCUT2D eigenvalue weighted by molar-refractivity contribution is 6.19. The zero-order valence-electron chi connectivity index (χ0n) is 26.7. The van der Waals surface area contributed by atoms with Crippen LogP contribution in [-0.2, 0) is 13.0 Å². The Morgan fingerprint density at radius 2 is 1.89 bits per heavy atom. The van der Waals surface area contributed by atoms with E-state index in [4.69, 9.17) is 22.4 Å². The van der Waals surface area contributed by atoms with Crippen LogP contribution in [-0.4, -0.2) is 71.0 Å². The summed E-state index contributed by atoms with van der Waals surface area (Å²) in [6.45, 7) is 11.0. The second-order valence-corrected chi connectivity index (χ2v) is 12.5. The Morgan fingerprint density at radius 1 is 1.09 bits per heavy atom. The molecule has 9 heteroatoms. The predicted molar refractivity (Wildman–Crippen MR) is 188 cm³/mol. The average Bonchev–Trinajstić information content (AvgIpc) is 3.79. The summed E-state index contributed by atoms with van der Waals surface area (Å²) in [6, 6.07) is 21.6. The molecule has 3 N–H and O–H groups in total. The van der Waals surface area contributed by atoms with Crippen LogP contribution in [0.3, 0.4) is 0 Å². The molecule has 0 radical (unpaired) electrons. The van der Waals surface area contributed by atoms with Gasteiger partial charge in [-0.2, -0.15) is 5.10 Å². The van der Waals surface area contributed by atoms with Gasteiger partial charge in [0.15, 0.2) is 0 Å². The Balaban J connectivity index is 1.18. The molecular weight excluding hydrogens is 580 g/mol. The first-order valence-electron chi connectivity index (χ1n) is 16.1. The van der Waals surface area contributed by atoms with Crippen molar-refractivity contribution in [2.45, 2.75) is 51.6 Å². The molecule has 2 aromatic heterocycles. The highest BCUT2D eigenvalue weighted by atomic mass is 35.5. The van der Waals surface area contributed by atoms with Crippen LogP contribution in [0.25, 0.3) is 11.3 Å². The lowest BCUT2D eigenvalue weighted by atomic mass is 10.1. The van der Waals surface area contributed by atoms with Crippen LogP contribution < -0.4 is 11.1 Å². The van der Waals surface area contributed by atoms with E-state index in [1.165, 1.54) is 23.1 Å². The first-order valence-corrected chi connectivity index (χ1v) is 16.6. The molecular formula is C36H47ClN8. The van der Waals surface area contributed by atoms with E-state index in [0.29, 0.717) is 24.3 Å². The molecule has 1 fully saturated rings. The van der Waals surface area contributed by atoms with Gasteiger partial charge in [-0.05, 0) is 95.5 Å². The lowest BCUT2D eigenvalue weighted by Gasteiger charge is -2.21. The maximum absolute atomic E-state index is 6.49. The number of nitrogens with two attached hydrogens (primary N) is 1. The third-order valence-corrected chi connectivity index (χ3v) is 8.95. The SMILES string of the molecule is C=Nc1c(C(N)=NCCl)c(-c2ccn(Cc3ccccc3)n2)cn1C1CCC(CN(C)CCCNCCc2ccc(C)cc2)C1. The van der Waals surface area contributed by atoms with Gasteiger partial charge in [0, 0.05) is 30.5 Å². The van der Waals surface area contributed by atoms with Gasteiger partial charge in [0.25, 0.3) is 0 Å². The molecule has 45 heavy (non-hydrogen) atoms. The summed E-state index contributed by atoms with van der Waals surface area (Å²) in [4.78, 5) is 11.3. The number of nitrogens with zero attached hydrogens (tertiary/aromatic N) is 6. The number of hydrogen-bond acceptors (Lipinski definition) is 5. The van der Waals surface area contributed by atoms with Crippen molar-refractivity contribution in [3.8, 4) is 11.3 Å². The largest absolute Gasteiger partial charge is 0.383 e. The monoisotopic (exact) mass is 626 g/mol. The zero-order chi connectivity index (χ0) is 31.6. The lowest BCUT2D eigenvalue weighted by molar-refractivity contribution is 0.270. The van der Waals surface area contributed by atoms with Crippen LogP contribution in [0.1, 0.15) is 54.0 Å². The molecule has 0 amide bonds. The van der Waals surface area contributed by atoms with Crippen molar-refractivity contribution in [3.63, 3.8) is 0 Å². The second-order valence-electron chi connectivity index (χ2n) is 12.3. The molecule has 1 aliphatic rings. The molecule has 0 bridgehead atoms. The molecule has 1 aliphatic carbocycles. The minimum atomic E-state index is 0.0790. The van der Waals surface area contributed by atoms with E-state index in [1.54, 1.807) is 0 Å². The quantitative estimate of drug-likeness (QED) is 0.0493. The Kier molecular flexibility index (Phi) is 11.6. The summed E-state index contributed by atoms with van der Waals surface area (Å²) in [6.07, 6.45) is 9.72. The highest BCUT2D eigenvalue weighted by Crippen LogP contribution is 2.42. The van der Waals surface area contributed by atoms with Crippen LogP contribution in [0, 0.1) is 12.8 Å². The fourth-order valence-electron chi connectivity index (χ4n) is 6.49. The summed E-state index contributed by atoms with van der Waals surface area (Å²) in [7, 11) is 2.25. The van der Waals surface area contributed by atoms with Crippen LogP contribution in [0.15, 0.2) is 83.0 Å². The van der Waals surface area contributed by atoms with Crippen LogP contribution in [0.2, 0.25) is 0 Å². The van der Waals surface area contributed by atoms with Gasteiger partial charge in [-0.25, -0.2) is 4.99 Å². The van der Waals surface area contributed by atoms with E-state index in [9.17, 15) is 0 Å². The van der Waals surface area contributed by atoms with Gasteiger partial charge >= 0.3 is 0 Å². The van der Waals surface area contributed by atoms with E-state index in [2.05, 4.69) is 88.1 Å². The molecule has 2 unspecified atom stereocenters. The minimum absolute atomic E-state index is 0.0790. The van der Waals surface area contributed by atoms with E-state index in [-0.39, 0.29) is 6.00 Å². The van der Waals surface area contributed by atoms with Crippen molar-refractivity contribution >= 4 is 30.0 Å². The highest BCUT2D eigenvalue weighted by Gasteiger charge is 2.31. The Bertz CT molecular complexity index is 1540. The second kappa shape index (κ2) is 16.0. The molecule has 8 nitrogen and oxygen atoms in total. The number of halogens is 1. The first kappa shape index (κ1) is 32.7.